The fraction of sp³-hybridized carbons (Fsp3) is 0.333. The van der Waals surface area contributed by atoms with Gasteiger partial charge in [-0.3, -0.25) is 10.1 Å². The van der Waals surface area contributed by atoms with Gasteiger partial charge in [-0.1, -0.05) is 18.7 Å². The molecule has 0 aliphatic heterocycles. The molecule has 0 saturated heterocycles. The minimum atomic E-state index is -0.460. The quantitative estimate of drug-likeness (QED) is 0.569. The summed E-state index contributed by atoms with van der Waals surface area (Å²) < 4.78 is 5.18. The minimum Gasteiger partial charge on any atom is -0.486 e. The van der Waals surface area contributed by atoms with Gasteiger partial charge in [0.05, 0.1) is 11.5 Å². The van der Waals surface area contributed by atoms with Crippen LogP contribution in [0, 0.1) is 17.0 Å². The Morgan fingerprint density at radius 3 is 2.86 bits per heavy atom. The van der Waals surface area contributed by atoms with Gasteiger partial charge in [0, 0.05) is 11.8 Å². The molecule has 14 heavy (non-hydrogen) atoms. The third kappa shape index (κ3) is 2.63. The first-order valence-corrected chi connectivity index (χ1v) is 4.69. The number of benzene rings is 1. The van der Waals surface area contributed by atoms with Crippen molar-refractivity contribution in [3.05, 3.63) is 33.9 Å². The Kier molecular flexibility index (Phi) is 3.76. The lowest BCUT2D eigenvalue weighted by molar-refractivity contribution is -0.385. The third-order valence-electron chi connectivity index (χ3n) is 1.65. The Hall–Kier alpha value is -1.23. The van der Waals surface area contributed by atoms with E-state index in [1.807, 2.05) is 6.92 Å². The van der Waals surface area contributed by atoms with Crippen LogP contribution in [-0.4, -0.2) is 17.3 Å². The molecule has 0 N–H and O–H groups in total. The molecule has 0 saturated carbocycles. The SMILES string of the molecule is Cc1ccc([N+](=O)[O-])c(OCC[S])c1. The monoisotopic (exact) mass is 212 g/mol. The smallest absolute Gasteiger partial charge is 0.310 e. The lowest BCUT2D eigenvalue weighted by atomic mass is 10.2. The maximum absolute atomic E-state index is 10.6. The molecule has 1 radical (unpaired) electrons. The van der Waals surface area contributed by atoms with Gasteiger partial charge in [0.2, 0.25) is 0 Å². The van der Waals surface area contributed by atoms with E-state index in [1.165, 1.54) is 6.07 Å². The van der Waals surface area contributed by atoms with Crippen LogP contribution in [0.5, 0.6) is 5.75 Å². The molecule has 0 bridgehead atoms. The number of nitrogens with zero attached hydrogens (tertiary/aromatic N) is 1. The number of nitro groups is 1. The summed E-state index contributed by atoms with van der Waals surface area (Å²) in [6, 6.07) is 4.76. The second kappa shape index (κ2) is 4.85. The predicted molar refractivity (Wildman–Crippen MR) is 55.8 cm³/mol. The standard InChI is InChI=1S/C9H10NO3S/c1-7-2-3-8(10(11)12)9(6-7)13-4-5-14/h2-3,6H,4-5H2,1H3. The molecule has 0 fully saturated rings. The van der Waals surface area contributed by atoms with Gasteiger partial charge in [0.1, 0.15) is 0 Å². The van der Waals surface area contributed by atoms with Crippen LogP contribution < -0.4 is 4.74 Å². The summed E-state index contributed by atoms with van der Waals surface area (Å²) in [6.45, 7) is 2.17. The molecule has 5 heteroatoms. The van der Waals surface area contributed by atoms with Crippen LogP contribution in [0.4, 0.5) is 5.69 Å². The predicted octanol–water partition coefficient (Wildman–Crippen LogP) is 2.48. The van der Waals surface area contributed by atoms with E-state index in [4.69, 9.17) is 17.4 Å². The molecule has 0 unspecified atom stereocenters. The largest absolute Gasteiger partial charge is 0.486 e. The molecule has 75 valence electrons. The molecule has 0 aliphatic rings. The summed E-state index contributed by atoms with van der Waals surface area (Å²) in [5.41, 5.74) is 0.911. The first-order valence-electron chi connectivity index (χ1n) is 4.11. The van der Waals surface area contributed by atoms with E-state index in [0.717, 1.165) is 5.56 Å². The summed E-state index contributed by atoms with van der Waals surface area (Å²) in [7, 11) is 0. The van der Waals surface area contributed by atoms with E-state index in [9.17, 15) is 10.1 Å². The zero-order valence-corrected chi connectivity index (χ0v) is 8.54. The van der Waals surface area contributed by atoms with Crippen molar-refractivity contribution < 1.29 is 9.66 Å². The zero-order valence-electron chi connectivity index (χ0n) is 7.73. The van der Waals surface area contributed by atoms with E-state index in [0.29, 0.717) is 18.1 Å². The maximum Gasteiger partial charge on any atom is 0.310 e. The lowest BCUT2D eigenvalue weighted by Crippen LogP contribution is -2.01. The number of rotatable bonds is 4. The molecule has 1 rings (SSSR count). The van der Waals surface area contributed by atoms with Crippen LogP contribution in [0.2, 0.25) is 0 Å². The van der Waals surface area contributed by atoms with Crippen molar-refractivity contribution in [2.45, 2.75) is 6.92 Å². The normalized spacial score (nSPS) is 9.86. The van der Waals surface area contributed by atoms with Crippen molar-refractivity contribution in [2.24, 2.45) is 0 Å². The highest BCUT2D eigenvalue weighted by molar-refractivity contribution is 7.80. The summed E-state index contributed by atoms with van der Waals surface area (Å²) in [5.74, 6) is 0.713. The zero-order chi connectivity index (χ0) is 10.6. The second-order valence-corrected chi connectivity index (χ2v) is 3.19. The fourth-order valence-electron chi connectivity index (χ4n) is 1.04. The van der Waals surface area contributed by atoms with Crippen LogP contribution >= 0.6 is 12.6 Å². The number of aryl methyl sites for hydroxylation is 1. The summed E-state index contributed by atoms with van der Waals surface area (Å²) in [5, 5.41) is 10.6. The van der Waals surface area contributed by atoms with Crippen molar-refractivity contribution in [2.75, 3.05) is 12.4 Å². The van der Waals surface area contributed by atoms with Gasteiger partial charge in [-0.05, 0) is 18.6 Å². The molecular formula is C9H10NO3S. The summed E-state index contributed by atoms with van der Waals surface area (Å²) in [4.78, 5) is 10.1. The lowest BCUT2D eigenvalue weighted by Gasteiger charge is -2.05. The van der Waals surface area contributed by atoms with Gasteiger partial charge >= 0.3 is 5.69 Å². The Bertz CT molecular complexity index is 341. The highest BCUT2D eigenvalue weighted by Crippen LogP contribution is 2.27. The molecular weight excluding hydrogens is 202 g/mol. The molecule has 0 atom stereocenters. The Morgan fingerprint density at radius 2 is 2.29 bits per heavy atom. The van der Waals surface area contributed by atoms with Crippen LogP contribution in [0.25, 0.3) is 0 Å². The van der Waals surface area contributed by atoms with E-state index in [2.05, 4.69) is 0 Å². The van der Waals surface area contributed by atoms with E-state index in [1.54, 1.807) is 12.1 Å². The van der Waals surface area contributed by atoms with Crippen LogP contribution in [0.15, 0.2) is 18.2 Å². The number of ether oxygens (including phenoxy) is 1. The van der Waals surface area contributed by atoms with Crippen molar-refractivity contribution in [3.8, 4) is 5.75 Å². The third-order valence-corrected chi connectivity index (χ3v) is 1.82. The first kappa shape index (κ1) is 10.8. The average Bonchev–Trinajstić information content (AvgIpc) is 2.14. The van der Waals surface area contributed by atoms with Crippen molar-refractivity contribution in [3.63, 3.8) is 0 Å². The molecule has 4 nitrogen and oxygen atoms in total. The van der Waals surface area contributed by atoms with E-state index >= 15 is 0 Å². The first-order chi connectivity index (χ1) is 6.65. The number of hydrogen-bond acceptors (Lipinski definition) is 3. The number of nitro benzene ring substituents is 1. The second-order valence-electron chi connectivity index (χ2n) is 2.78. The molecule has 0 aromatic heterocycles. The fourth-order valence-corrected chi connectivity index (χ4v) is 1.12. The number of hydrogen-bond donors (Lipinski definition) is 0. The van der Waals surface area contributed by atoms with E-state index < -0.39 is 4.92 Å². The average molecular weight is 212 g/mol. The Morgan fingerprint density at radius 1 is 1.57 bits per heavy atom. The highest BCUT2D eigenvalue weighted by Gasteiger charge is 2.14. The molecule has 1 aromatic rings. The van der Waals surface area contributed by atoms with Crippen LogP contribution in [-0.2, 0) is 0 Å². The maximum atomic E-state index is 10.6. The molecule has 0 aliphatic carbocycles. The van der Waals surface area contributed by atoms with Gasteiger partial charge in [0.25, 0.3) is 0 Å². The molecule has 1 aromatic carbocycles. The van der Waals surface area contributed by atoms with Crippen molar-refractivity contribution in [1.82, 2.24) is 0 Å². The van der Waals surface area contributed by atoms with Gasteiger partial charge < -0.3 is 4.74 Å². The molecule has 0 amide bonds. The molecule has 0 spiro atoms. The molecule has 0 heterocycles. The topological polar surface area (TPSA) is 52.4 Å². The van der Waals surface area contributed by atoms with Gasteiger partial charge in [-0.25, -0.2) is 0 Å². The van der Waals surface area contributed by atoms with Crippen molar-refractivity contribution in [1.29, 1.82) is 0 Å². The Balaban J connectivity index is 2.97. The Labute approximate surface area is 87.4 Å². The summed E-state index contributed by atoms with van der Waals surface area (Å²) >= 11 is 4.70. The van der Waals surface area contributed by atoms with Crippen LogP contribution in [0.3, 0.4) is 0 Å². The summed E-state index contributed by atoms with van der Waals surface area (Å²) in [6.07, 6.45) is 0. The van der Waals surface area contributed by atoms with Gasteiger partial charge in [-0.15, -0.1) is 0 Å². The van der Waals surface area contributed by atoms with Crippen LogP contribution in [0.1, 0.15) is 5.56 Å². The minimum absolute atomic E-state index is 0.0148. The highest BCUT2D eigenvalue weighted by atomic mass is 32.1. The van der Waals surface area contributed by atoms with Gasteiger partial charge in [0.15, 0.2) is 5.75 Å². The van der Waals surface area contributed by atoms with E-state index in [-0.39, 0.29) is 5.69 Å². The van der Waals surface area contributed by atoms with Crippen molar-refractivity contribution >= 4 is 18.3 Å². The van der Waals surface area contributed by atoms with Gasteiger partial charge in [-0.2, -0.15) is 0 Å².